The Morgan fingerprint density at radius 2 is 1.61 bits per heavy atom. The van der Waals surface area contributed by atoms with Gasteiger partial charge in [0.2, 0.25) is 0 Å². The van der Waals surface area contributed by atoms with Crippen molar-refractivity contribution in [2.75, 3.05) is 0 Å². The zero-order chi connectivity index (χ0) is 29.4. The Hall–Kier alpha value is -3.34. The Morgan fingerprint density at radius 3 is 2.20 bits per heavy atom. The molecule has 5 aromatic rings. The van der Waals surface area contributed by atoms with E-state index in [1.54, 1.807) is 6.33 Å². The summed E-state index contributed by atoms with van der Waals surface area (Å²) < 4.78 is 2.16. The van der Waals surface area contributed by atoms with E-state index in [1.165, 1.54) is 33.3 Å². The molecular formula is C35H40IrN3O2-. The van der Waals surface area contributed by atoms with Gasteiger partial charge in [0.1, 0.15) is 17.7 Å². The summed E-state index contributed by atoms with van der Waals surface area (Å²) in [5, 5.41) is 14.3. The van der Waals surface area contributed by atoms with Crippen molar-refractivity contribution in [1.82, 2.24) is 14.5 Å². The first kappa shape index (κ1) is 32.2. The molecule has 41 heavy (non-hydrogen) atoms. The number of aliphatic hydroxyl groups excluding tert-OH is 1. The van der Waals surface area contributed by atoms with Crippen molar-refractivity contribution in [3.63, 3.8) is 0 Å². The molecule has 5 rings (SSSR count). The van der Waals surface area contributed by atoms with Gasteiger partial charge in [-0.1, -0.05) is 91.6 Å². The summed E-state index contributed by atoms with van der Waals surface area (Å²) in [6.45, 7) is 15.5. The standard InChI is InChI=1S/C24H20N3.C11H20O2.Ir/c1-15(2)16-8-10-18(11-9-16)23-22-21-19-7-5-4-6-17(19)12-13-20(21)27(3)24(22)26-14-25-23;1-10(2,3)8(12)7-9(13)11(4,5)6;/h4-10,12-15H,1-3H3;7,12H,1-6H3;/q-1;;/b;8-7-;. The quantitative estimate of drug-likeness (QED) is 0.115. The van der Waals surface area contributed by atoms with Gasteiger partial charge in [0, 0.05) is 66.0 Å². The number of fused-ring (bicyclic) bond motifs is 5. The molecule has 3 aromatic carbocycles. The average Bonchev–Trinajstić information content (AvgIpc) is 3.20. The fourth-order valence-corrected chi connectivity index (χ4v) is 4.48. The van der Waals surface area contributed by atoms with E-state index < -0.39 is 5.41 Å². The van der Waals surface area contributed by atoms with E-state index in [0.717, 1.165) is 22.3 Å². The first-order valence-corrected chi connectivity index (χ1v) is 13.8. The number of aryl methyl sites for hydroxylation is 1. The summed E-state index contributed by atoms with van der Waals surface area (Å²) in [6, 6.07) is 22.7. The minimum absolute atomic E-state index is 0. The molecule has 0 bridgehead atoms. The number of aromatic nitrogens is 3. The number of hydrogen-bond acceptors (Lipinski definition) is 4. The van der Waals surface area contributed by atoms with Crippen LogP contribution in [0, 0.1) is 16.9 Å². The number of nitrogens with zero attached hydrogens (tertiary/aromatic N) is 3. The minimum Gasteiger partial charge on any atom is -0.512 e. The second kappa shape index (κ2) is 12.3. The zero-order valence-electron chi connectivity index (χ0n) is 25.5. The van der Waals surface area contributed by atoms with Gasteiger partial charge in [0.05, 0.1) is 0 Å². The van der Waals surface area contributed by atoms with Crippen LogP contribution in [0.15, 0.2) is 72.8 Å². The number of ketones is 1. The van der Waals surface area contributed by atoms with Crippen molar-refractivity contribution in [3.8, 4) is 11.3 Å². The maximum absolute atomic E-state index is 11.5. The van der Waals surface area contributed by atoms with E-state index in [0.29, 0.717) is 5.92 Å². The first-order valence-electron chi connectivity index (χ1n) is 13.8. The Balaban J connectivity index is 0.000000284. The molecule has 0 saturated heterocycles. The number of rotatable bonds is 3. The van der Waals surface area contributed by atoms with E-state index in [-0.39, 0.29) is 37.1 Å². The molecule has 1 radical (unpaired) electrons. The predicted octanol–water partition coefficient (Wildman–Crippen LogP) is 8.95. The van der Waals surface area contributed by atoms with Crippen molar-refractivity contribution in [1.29, 1.82) is 0 Å². The van der Waals surface area contributed by atoms with Crippen LogP contribution in [0.4, 0.5) is 0 Å². The molecule has 5 nitrogen and oxygen atoms in total. The summed E-state index contributed by atoms with van der Waals surface area (Å²) in [4.78, 5) is 20.7. The molecule has 0 aliphatic heterocycles. The van der Waals surface area contributed by atoms with Gasteiger partial charge in [0.15, 0.2) is 5.78 Å². The normalized spacial score (nSPS) is 12.4. The number of allylic oxidation sites excluding steroid dienone is 2. The molecule has 6 heteroatoms. The Kier molecular flexibility index (Phi) is 9.62. The summed E-state index contributed by atoms with van der Waals surface area (Å²) in [6.07, 6.45) is 2.99. The smallest absolute Gasteiger partial charge is 0.164 e. The molecular weight excluding hydrogens is 687 g/mol. The Bertz CT molecular complexity index is 1720. The van der Waals surface area contributed by atoms with Crippen LogP contribution >= 0.6 is 0 Å². The Labute approximate surface area is 257 Å². The third-order valence-corrected chi connectivity index (χ3v) is 7.20. The molecule has 2 aromatic heterocycles. The van der Waals surface area contributed by atoms with E-state index in [2.05, 4.69) is 96.1 Å². The number of hydrogen-bond donors (Lipinski definition) is 1. The molecule has 0 saturated carbocycles. The topological polar surface area (TPSA) is 68.0 Å². The molecule has 0 aliphatic carbocycles. The summed E-state index contributed by atoms with van der Waals surface area (Å²) in [7, 11) is 2.07. The number of aliphatic hydroxyl groups is 1. The molecule has 0 unspecified atom stereocenters. The van der Waals surface area contributed by atoms with Gasteiger partial charge < -0.3 is 9.67 Å². The fraction of sp³-hybridized carbons (Fsp3) is 0.343. The van der Waals surface area contributed by atoms with Gasteiger partial charge >= 0.3 is 0 Å². The van der Waals surface area contributed by atoms with Crippen LogP contribution < -0.4 is 0 Å². The van der Waals surface area contributed by atoms with Crippen molar-refractivity contribution in [2.45, 2.75) is 61.3 Å². The fourth-order valence-electron chi connectivity index (χ4n) is 4.48. The maximum Gasteiger partial charge on any atom is 0.164 e. The van der Waals surface area contributed by atoms with Gasteiger partial charge in [-0.05, 0) is 16.8 Å². The third-order valence-electron chi connectivity index (χ3n) is 7.20. The second-order valence-electron chi connectivity index (χ2n) is 12.7. The SMILES string of the molecule is CC(C)(C)C(=O)/C=C(\O)C(C)(C)C.CC(C)c1c[c-]c(-c2ncnc3c2c2c4ccccc4ccc2n3C)cc1.[Ir]. The van der Waals surface area contributed by atoms with Crippen LogP contribution in [0.1, 0.15) is 66.9 Å². The molecule has 0 fully saturated rings. The third kappa shape index (κ3) is 6.77. The van der Waals surface area contributed by atoms with Crippen LogP contribution in [0.3, 0.4) is 0 Å². The summed E-state index contributed by atoms with van der Waals surface area (Å²) >= 11 is 0. The average molecular weight is 727 g/mol. The van der Waals surface area contributed by atoms with Gasteiger partial charge in [-0.25, -0.2) is 4.98 Å². The maximum atomic E-state index is 11.5. The van der Waals surface area contributed by atoms with Crippen LogP contribution in [-0.2, 0) is 31.9 Å². The summed E-state index contributed by atoms with van der Waals surface area (Å²) in [5.74, 6) is 0.592. The largest absolute Gasteiger partial charge is 0.512 e. The van der Waals surface area contributed by atoms with Gasteiger partial charge in [-0.3, -0.25) is 9.78 Å². The van der Waals surface area contributed by atoms with Gasteiger partial charge in [-0.15, -0.1) is 35.4 Å². The van der Waals surface area contributed by atoms with E-state index in [9.17, 15) is 9.90 Å². The molecule has 2 heterocycles. The van der Waals surface area contributed by atoms with E-state index in [4.69, 9.17) is 0 Å². The predicted molar refractivity (Wildman–Crippen MR) is 167 cm³/mol. The summed E-state index contributed by atoms with van der Waals surface area (Å²) in [5.41, 5.74) is 4.59. The molecule has 0 amide bonds. The molecule has 217 valence electrons. The second-order valence-corrected chi connectivity index (χ2v) is 12.7. The van der Waals surface area contributed by atoms with Crippen LogP contribution in [0.2, 0.25) is 0 Å². The van der Waals surface area contributed by atoms with Crippen LogP contribution in [0.25, 0.3) is 44.0 Å². The van der Waals surface area contributed by atoms with E-state index >= 15 is 0 Å². The van der Waals surface area contributed by atoms with Crippen LogP contribution in [-0.4, -0.2) is 25.4 Å². The number of carbonyl (C=O) groups is 1. The van der Waals surface area contributed by atoms with Crippen LogP contribution in [0.5, 0.6) is 0 Å². The first-order chi connectivity index (χ1) is 18.7. The molecule has 0 spiro atoms. The monoisotopic (exact) mass is 727 g/mol. The minimum atomic E-state index is -0.417. The molecule has 1 N–H and O–H groups in total. The van der Waals surface area contributed by atoms with Gasteiger partial charge in [-0.2, -0.15) is 0 Å². The van der Waals surface area contributed by atoms with Gasteiger partial charge in [0.25, 0.3) is 0 Å². The molecule has 0 aliphatic rings. The van der Waals surface area contributed by atoms with Crippen molar-refractivity contribution in [3.05, 3.63) is 84.4 Å². The Morgan fingerprint density at radius 1 is 0.927 bits per heavy atom. The molecule has 0 atom stereocenters. The van der Waals surface area contributed by atoms with Crippen molar-refractivity contribution >= 4 is 38.5 Å². The van der Waals surface area contributed by atoms with Crippen molar-refractivity contribution in [2.24, 2.45) is 17.9 Å². The van der Waals surface area contributed by atoms with Crippen molar-refractivity contribution < 1.29 is 30.0 Å². The number of benzene rings is 3. The zero-order valence-corrected chi connectivity index (χ0v) is 27.9. The van der Waals surface area contributed by atoms with E-state index in [1.807, 2.05) is 41.5 Å². The number of carbonyl (C=O) groups excluding carboxylic acids is 1.